The van der Waals surface area contributed by atoms with E-state index in [-0.39, 0.29) is 24.4 Å². The van der Waals surface area contributed by atoms with Gasteiger partial charge in [0.15, 0.2) is 0 Å². The maximum Gasteiger partial charge on any atom is 0.326 e. The van der Waals surface area contributed by atoms with Gasteiger partial charge in [0.25, 0.3) is 5.91 Å². The number of aliphatic carboxylic acids is 1. The van der Waals surface area contributed by atoms with E-state index in [4.69, 9.17) is 0 Å². The zero-order chi connectivity index (χ0) is 19.2. The van der Waals surface area contributed by atoms with E-state index in [0.717, 1.165) is 49.8 Å². The molecule has 0 bridgehead atoms. The van der Waals surface area contributed by atoms with Crippen LogP contribution < -0.4 is 5.32 Å². The van der Waals surface area contributed by atoms with Gasteiger partial charge in [-0.3, -0.25) is 14.5 Å². The monoisotopic (exact) mass is 377 g/mol. The van der Waals surface area contributed by atoms with E-state index in [1.807, 2.05) is 0 Å². The number of hydrogen-bond acceptors (Lipinski definition) is 4. The lowest BCUT2D eigenvalue weighted by Gasteiger charge is -2.34. The zero-order valence-corrected chi connectivity index (χ0v) is 15.5. The minimum Gasteiger partial charge on any atom is -0.480 e. The average molecular weight is 377 g/mol. The van der Waals surface area contributed by atoms with Crippen LogP contribution in [0.4, 0.5) is 4.79 Å². The van der Waals surface area contributed by atoms with Crippen molar-refractivity contribution in [3.63, 3.8) is 0 Å². The highest BCUT2D eigenvalue weighted by atomic mass is 16.4. The minimum atomic E-state index is -1.00. The summed E-state index contributed by atoms with van der Waals surface area (Å²) in [6.07, 6.45) is 8.25. The number of fused-ring (bicyclic) bond motifs is 1. The molecule has 8 heteroatoms. The molecule has 27 heavy (non-hydrogen) atoms. The lowest BCUT2D eigenvalue weighted by atomic mass is 9.82. The molecule has 4 fully saturated rings. The summed E-state index contributed by atoms with van der Waals surface area (Å²) in [7, 11) is 0. The number of nitrogens with one attached hydrogen (secondary N) is 1. The van der Waals surface area contributed by atoms with E-state index >= 15 is 0 Å². The molecule has 0 aromatic rings. The smallest absolute Gasteiger partial charge is 0.326 e. The summed E-state index contributed by atoms with van der Waals surface area (Å²) >= 11 is 0. The Kier molecular flexibility index (Phi) is 4.60. The minimum absolute atomic E-state index is 0.0863. The Bertz CT molecular complexity index is 672. The van der Waals surface area contributed by atoms with Crippen LogP contribution in [0, 0.1) is 5.92 Å². The third-order valence-electron chi connectivity index (χ3n) is 6.91. The molecule has 0 unspecified atom stereocenters. The van der Waals surface area contributed by atoms with Crippen LogP contribution in [0.2, 0.25) is 0 Å². The summed E-state index contributed by atoms with van der Waals surface area (Å²) in [5.74, 6) is -1.55. The number of amides is 4. The van der Waals surface area contributed by atoms with Crippen molar-refractivity contribution in [1.29, 1.82) is 0 Å². The molecule has 2 saturated heterocycles. The highest BCUT2D eigenvalue weighted by Gasteiger charge is 2.53. The standard InChI is InChI=1S/C19H27N3O5/c23-15(22-13-7-3-2-6-12(13)10-14(22)16(24)25)11-21-17(26)19(20-18(21)27)8-4-1-5-9-19/h12-14H,1-11H2,(H,20,27)(H,24,25)/t12-,13-,14-/m0/s1. The van der Waals surface area contributed by atoms with E-state index in [0.29, 0.717) is 19.3 Å². The molecule has 0 aromatic carbocycles. The van der Waals surface area contributed by atoms with Gasteiger partial charge in [0.05, 0.1) is 0 Å². The van der Waals surface area contributed by atoms with Crippen molar-refractivity contribution in [3.05, 3.63) is 0 Å². The molecule has 4 amide bonds. The van der Waals surface area contributed by atoms with Crippen LogP contribution >= 0.6 is 0 Å². The van der Waals surface area contributed by atoms with E-state index in [2.05, 4.69) is 5.32 Å². The molecule has 2 heterocycles. The fourth-order valence-electron chi connectivity index (χ4n) is 5.57. The maximum atomic E-state index is 13.0. The molecule has 3 atom stereocenters. The van der Waals surface area contributed by atoms with Gasteiger partial charge in [-0.1, -0.05) is 32.1 Å². The second-order valence-electron chi connectivity index (χ2n) is 8.47. The van der Waals surface area contributed by atoms with Gasteiger partial charge in [-0.15, -0.1) is 0 Å². The number of carboxylic acid groups (broad SMARTS) is 1. The van der Waals surface area contributed by atoms with Crippen LogP contribution in [-0.2, 0) is 14.4 Å². The van der Waals surface area contributed by atoms with Gasteiger partial charge in [0, 0.05) is 6.04 Å². The molecule has 8 nitrogen and oxygen atoms in total. The summed E-state index contributed by atoms with van der Waals surface area (Å²) in [5, 5.41) is 12.4. The van der Waals surface area contributed by atoms with Gasteiger partial charge < -0.3 is 15.3 Å². The molecule has 2 N–H and O–H groups in total. The van der Waals surface area contributed by atoms with Crippen molar-refractivity contribution in [1.82, 2.24) is 15.1 Å². The van der Waals surface area contributed by atoms with Crippen LogP contribution in [0.3, 0.4) is 0 Å². The number of imide groups is 1. The largest absolute Gasteiger partial charge is 0.480 e. The number of rotatable bonds is 3. The van der Waals surface area contributed by atoms with Crippen molar-refractivity contribution < 1.29 is 24.3 Å². The van der Waals surface area contributed by atoms with Crippen molar-refractivity contribution in [2.24, 2.45) is 5.92 Å². The first-order valence-electron chi connectivity index (χ1n) is 10.1. The molecule has 148 valence electrons. The van der Waals surface area contributed by atoms with E-state index < -0.39 is 29.5 Å². The Morgan fingerprint density at radius 1 is 1.07 bits per heavy atom. The third kappa shape index (κ3) is 2.99. The van der Waals surface area contributed by atoms with Gasteiger partial charge in [0.1, 0.15) is 18.1 Å². The number of nitrogens with zero attached hydrogens (tertiary/aromatic N) is 2. The predicted molar refractivity (Wildman–Crippen MR) is 94.7 cm³/mol. The first kappa shape index (κ1) is 18.3. The van der Waals surface area contributed by atoms with Crippen LogP contribution in [0.5, 0.6) is 0 Å². The topological polar surface area (TPSA) is 107 Å². The molecular formula is C19H27N3O5. The normalized spacial score (nSPS) is 32.5. The summed E-state index contributed by atoms with van der Waals surface area (Å²) in [4.78, 5) is 52.5. The molecule has 2 aliphatic carbocycles. The Hall–Kier alpha value is -2.12. The van der Waals surface area contributed by atoms with Crippen LogP contribution in [0.1, 0.15) is 64.2 Å². The molecule has 2 saturated carbocycles. The lowest BCUT2D eigenvalue weighted by Crippen LogP contribution is -2.52. The molecule has 2 aliphatic heterocycles. The van der Waals surface area contributed by atoms with Gasteiger partial charge in [-0.05, 0) is 38.0 Å². The summed E-state index contributed by atoms with van der Waals surface area (Å²) in [5.41, 5.74) is -0.861. The second-order valence-corrected chi connectivity index (χ2v) is 8.47. The summed E-state index contributed by atoms with van der Waals surface area (Å²) < 4.78 is 0. The average Bonchev–Trinajstić information content (AvgIpc) is 3.14. The Morgan fingerprint density at radius 3 is 2.48 bits per heavy atom. The van der Waals surface area contributed by atoms with Crippen molar-refractivity contribution >= 4 is 23.8 Å². The van der Waals surface area contributed by atoms with Gasteiger partial charge >= 0.3 is 12.0 Å². The molecule has 4 rings (SSSR count). The van der Waals surface area contributed by atoms with Crippen LogP contribution in [0.25, 0.3) is 0 Å². The molecule has 4 aliphatic rings. The number of likely N-dealkylation sites (tertiary alicyclic amines) is 1. The number of carboxylic acids is 1. The van der Waals surface area contributed by atoms with Gasteiger partial charge in [-0.25, -0.2) is 9.59 Å². The maximum absolute atomic E-state index is 13.0. The van der Waals surface area contributed by atoms with E-state index in [1.165, 1.54) is 4.90 Å². The van der Waals surface area contributed by atoms with E-state index in [9.17, 15) is 24.3 Å². The quantitative estimate of drug-likeness (QED) is 0.725. The highest BCUT2D eigenvalue weighted by Crippen LogP contribution is 2.40. The first-order chi connectivity index (χ1) is 12.9. The van der Waals surface area contributed by atoms with Gasteiger partial charge in [-0.2, -0.15) is 0 Å². The Balaban J connectivity index is 1.51. The number of carbonyl (C=O) groups excluding carboxylic acids is 3. The predicted octanol–water partition coefficient (Wildman–Crippen LogP) is 1.49. The molecule has 1 spiro atoms. The van der Waals surface area contributed by atoms with Crippen molar-refractivity contribution in [3.8, 4) is 0 Å². The van der Waals surface area contributed by atoms with E-state index in [1.54, 1.807) is 0 Å². The fraction of sp³-hybridized carbons (Fsp3) is 0.789. The Morgan fingerprint density at radius 2 is 1.78 bits per heavy atom. The molecular weight excluding hydrogens is 350 g/mol. The summed E-state index contributed by atoms with van der Waals surface area (Å²) in [6, 6.07) is -1.46. The lowest BCUT2D eigenvalue weighted by molar-refractivity contribution is -0.151. The van der Waals surface area contributed by atoms with Gasteiger partial charge in [0.2, 0.25) is 5.91 Å². The molecule has 0 aromatic heterocycles. The number of hydrogen-bond donors (Lipinski definition) is 2. The Labute approximate surface area is 158 Å². The summed E-state index contributed by atoms with van der Waals surface area (Å²) in [6.45, 7) is -0.362. The zero-order valence-electron chi connectivity index (χ0n) is 15.5. The SMILES string of the molecule is O=C(O)[C@@H]1C[C@@H]2CCCC[C@@H]2N1C(=O)CN1C(=O)NC2(CCCCC2)C1=O. The van der Waals surface area contributed by atoms with Crippen molar-refractivity contribution in [2.45, 2.75) is 81.8 Å². The highest BCUT2D eigenvalue weighted by molar-refractivity contribution is 6.09. The molecule has 0 radical (unpaired) electrons. The number of carbonyl (C=O) groups is 4. The number of urea groups is 1. The first-order valence-corrected chi connectivity index (χ1v) is 10.1. The third-order valence-corrected chi connectivity index (χ3v) is 6.91. The van der Waals surface area contributed by atoms with Crippen molar-refractivity contribution in [2.75, 3.05) is 6.54 Å². The fourth-order valence-corrected chi connectivity index (χ4v) is 5.57. The van der Waals surface area contributed by atoms with Crippen LogP contribution in [0.15, 0.2) is 0 Å². The second kappa shape index (κ2) is 6.80. The van der Waals surface area contributed by atoms with Crippen LogP contribution in [-0.4, -0.2) is 62.9 Å².